The molecule has 0 aromatic carbocycles. The molecule has 1 aromatic heterocycles. The fourth-order valence-corrected chi connectivity index (χ4v) is 3.14. The van der Waals surface area contributed by atoms with E-state index < -0.39 is 17.9 Å². The zero-order valence-electron chi connectivity index (χ0n) is 17.1. The van der Waals surface area contributed by atoms with Crippen LogP contribution in [0.1, 0.15) is 25.3 Å². The van der Waals surface area contributed by atoms with E-state index in [0.29, 0.717) is 35.7 Å². The first-order chi connectivity index (χ1) is 14.2. The van der Waals surface area contributed by atoms with Crippen molar-refractivity contribution in [3.8, 4) is 0 Å². The molecule has 10 heteroatoms. The summed E-state index contributed by atoms with van der Waals surface area (Å²) in [6.45, 7) is 4.19. The molecule has 1 fully saturated rings. The molecule has 1 saturated heterocycles. The third kappa shape index (κ3) is 5.90. The molecule has 0 radical (unpaired) electrons. The lowest BCUT2D eigenvalue weighted by atomic mass is 9.92. The summed E-state index contributed by atoms with van der Waals surface area (Å²) < 4.78 is 0. The molecule has 1 unspecified atom stereocenters. The minimum absolute atomic E-state index is 0.0291. The Labute approximate surface area is 175 Å². The maximum atomic E-state index is 12.9. The van der Waals surface area contributed by atoms with E-state index in [1.165, 1.54) is 35.7 Å². The van der Waals surface area contributed by atoms with E-state index in [2.05, 4.69) is 15.3 Å². The first-order valence-electron chi connectivity index (χ1n) is 9.53. The Bertz CT molecular complexity index is 906. The van der Waals surface area contributed by atoms with Gasteiger partial charge in [-0.25, -0.2) is 9.98 Å². The number of nitrogens with one attached hydrogen (secondary N) is 2. The van der Waals surface area contributed by atoms with E-state index in [-0.39, 0.29) is 11.8 Å². The summed E-state index contributed by atoms with van der Waals surface area (Å²) >= 11 is 0. The van der Waals surface area contributed by atoms with E-state index in [9.17, 15) is 9.59 Å². The standard InChI is InChI=1S/C20H28N8O2/c1-12-3-4-16(15(22)6-8-25-17(23)5-7-21)28(11-12)20(30)19(29)27-14-9-13(2)18(24)26-10-14/h5-10,12,16,23H,3-4,11,21-22H2,1-2H3,(H2,24,26)(H,27,29)/b7-5-,15-6?,23-17?,25-8?/t12-,16?/m0/s1. The van der Waals surface area contributed by atoms with Gasteiger partial charge in [0, 0.05) is 18.5 Å². The monoisotopic (exact) mass is 412 g/mol. The average Bonchev–Trinajstić information content (AvgIpc) is 2.70. The normalized spacial score (nSPS) is 19.9. The minimum atomic E-state index is -0.767. The van der Waals surface area contributed by atoms with E-state index in [4.69, 9.17) is 22.6 Å². The second-order valence-corrected chi connectivity index (χ2v) is 7.23. The van der Waals surface area contributed by atoms with Gasteiger partial charge in [-0.1, -0.05) is 6.92 Å². The number of nitrogens with zero attached hydrogens (tertiary/aromatic N) is 3. The van der Waals surface area contributed by atoms with Gasteiger partial charge in [-0.15, -0.1) is 0 Å². The number of anilines is 2. The molecule has 10 nitrogen and oxygen atoms in total. The molecule has 2 rings (SSSR count). The van der Waals surface area contributed by atoms with Crippen molar-refractivity contribution in [2.45, 2.75) is 32.7 Å². The Kier molecular flexibility index (Phi) is 7.68. The molecule has 8 N–H and O–H groups in total. The maximum absolute atomic E-state index is 12.9. The predicted octanol–water partition coefficient (Wildman–Crippen LogP) is 0.901. The molecule has 0 aliphatic carbocycles. The first kappa shape index (κ1) is 22.6. The first-order valence-corrected chi connectivity index (χ1v) is 9.53. The fraction of sp³-hybridized carbons (Fsp3) is 0.350. The summed E-state index contributed by atoms with van der Waals surface area (Å²) in [6, 6.07) is 1.22. The van der Waals surface area contributed by atoms with Crippen LogP contribution in [0.25, 0.3) is 0 Å². The molecule has 2 atom stereocenters. The zero-order valence-corrected chi connectivity index (χ0v) is 17.1. The number of aromatic nitrogens is 1. The molecular formula is C20H28N8O2. The molecule has 2 amide bonds. The highest BCUT2D eigenvalue weighted by molar-refractivity contribution is 6.39. The molecule has 1 aliphatic heterocycles. The third-order valence-electron chi connectivity index (χ3n) is 4.77. The number of carbonyl (C=O) groups is 2. The third-order valence-corrected chi connectivity index (χ3v) is 4.77. The van der Waals surface area contributed by atoms with E-state index in [0.717, 1.165) is 6.42 Å². The number of nitrogen functional groups attached to an aromatic ring is 1. The number of likely N-dealkylation sites (tertiary alicyclic amines) is 1. The van der Waals surface area contributed by atoms with Crippen molar-refractivity contribution in [1.29, 1.82) is 5.41 Å². The maximum Gasteiger partial charge on any atom is 0.313 e. The van der Waals surface area contributed by atoms with Crippen molar-refractivity contribution in [2.24, 2.45) is 22.4 Å². The minimum Gasteiger partial charge on any atom is -0.404 e. The Morgan fingerprint density at radius 1 is 1.40 bits per heavy atom. The van der Waals surface area contributed by atoms with Crippen molar-refractivity contribution in [3.05, 3.63) is 41.9 Å². The number of hydrogen-bond donors (Lipinski definition) is 5. The Morgan fingerprint density at radius 3 is 2.80 bits per heavy atom. The zero-order chi connectivity index (χ0) is 22.3. The molecule has 160 valence electrons. The SMILES string of the molecule is Cc1cc(NC(=O)C(=O)N2C[C@@H](C)CCC2C(N)=CC=NC(=N)/C=C\N)cnc1N. The van der Waals surface area contributed by atoms with E-state index in [1.54, 1.807) is 13.0 Å². The van der Waals surface area contributed by atoms with Gasteiger partial charge in [0.1, 0.15) is 11.7 Å². The van der Waals surface area contributed by atoms with Crippen LogP contribution in [-0.2, 0) is 9.59 Å². The van der Waals surface area contributed by atoms with Crippen LogP contribution < -0.4 is 22.5 Å². The van der Waals surface area contributed by atoms with Gasteiger partial charge in [0.05, 0.1) is 17.9 Å². The van der Waals surface area contributed by atoms with Gasteiger partial charge in [0.15, 0.2) is 0 Å². The highest BCUT2D eigenvalue weighted by Gasteiger charge is 2.34. The number of allylic oxidation sites excluding steroid dienone is 1. The van der Waals surface area contributed by atoms with Gasteiger partial charge in [-0.3, -0.25) is 15.0 Å². The number of pyridine rings is 1. The highest BCUT2D eigenvalue weighted by atomic mass is 16.2. The number of rotatable bonds is 4. The van der Waals surface area contributed by atoms with Gasteiger partial charge >= 0.3 is 11.8 Å². The van der Waals surface area contributed by atoms with Gasteiger partial charge < -0.3 is 27.4 Å². The van der Waals surface area contributed by atoms with Crippen LogP contribution in [-0.4, -0.2) is 46.3 Å². The number of piperidine rings is 1. The van der Waals surface area contributed by atoms with Gasteiger partial charge in [-0.2, -0.15) is 0 Å². The van der Waals surface area contributed by atoms with Crippen LogP contribution in [0.3, 0.4) is 0 Å². The van der Waals surface area contributed by atoms with Crippen LogP contribution >= 0.6 is 0 Å². The molecule has 30 heavy (non-hydrogen) atoms. The van der Waals surface area contributed by atoms with Crippen LogP contribution in [0.5, 0.6) is 0 Å². The van der Waals surface area contributed by atoms with Gasteiger partial charge in [0.2, 0.25) is 0 Å². The van der Waals surface area contributed by atoms with Crippen LogP contribution in [0.2, 0.25) is 0 Å². The van der Waals surface area contributed by atoms with Crippen LogP contribution in [0, 0.1) is 18.3 Å². The highest BCUT2D eigenvalue weighted by Crippen LogP contribution is 2.25. The number of amides is 2. The summed E-state index contributed by atoms with van der Waals surface area (Å²) in [5.74, 6) is -0.871. The van der Waals surface area contributed by atoms with Crippen LogP contribution in [0.4, 0.5) is 11.5 Å². The Balaban J connectivity index is 2.15. The molecule has 0 bridgehead atoms. The van der Waals surface area contributed by atoms with Crippen molar-refractivity contribution < 1.29 is 9.59 Å². The number of nitrogens with two attached hydrogens (primary N) is 3. The second-order valence-electron chi connectivity index (χ2n) is 7.23. The summed E-state index contributed by atoms with van der Waals surface area (Å²) in [6.07, 6.45) is 8.35. The quantitative estimate of drug-likeness (QED) is 0.279. The van der Waals surface area contributed by atoms with Gasteiger partial charge in [0.25, 0.3) is 0 Å². The van der Waals surface area contributed by atoms with Crippen molar-refractivity contribution >= 4 is 35.4 Å². The summed E-state index contributed by atoms with van der Waals surface area (Å²) in [4.78, 5) is 34.8. The van der Waals surface area contributed by atoms with E-state index in [1.807, 2.05) is 6.92 Å². The molecule has 0 saturated carbocycles. The van der Waals surface area contributed by atoms with Crippen molar-refractivity contribution in [1.82, 2.24) is 9.88 Å². The average molecular weight is 412 g/mol. The lowest BCUT2D eigenvalue weighted by Crippen LogP contribution is -2.52. The largest absolute Gasteiger partial charge is 0.404 e. The molecule has 1 aromatic rings. The summed E-state index contributed by atoms with van der Waals surface area (Å²) in [5.41, 5.74) is 18.6. The lowest BCUT2D eigenvalue weighted by Gasteiger charge is -2.38. The molecular weight excluding hydrogens is 384 g/mol. The van der Waals surface area contributed by atoms with Crippen molar-refractivity contribution in [2.75, 3.05) is 17.6 Å². The lowest BCUT2D eigenvalue weighted by molar-refractivity contribution is -0.145. The second kappa shape index (κ2) is 10.2. The number of amidine groups is 1. The summed E-state index contributed by atoms with van der Waals surface area (Å²) in [5, 5.41) is 10.1. The van der Waals surface area contributed by atoms with Crippen LogP contribution in [0.15, 0.2) is 41.3 Å². The number of aryl methyl sites for hydroxylation is 1. The Hall–Kier alpha value is -3.69. The Morgan fingerprint density at radius 2 is 2.13 bits per heavy atom. The van der Waals surface area contributed by atoms with Gasteiger partial charge in [-0.05, 0) is 55.7 Å². The molecule has 1 aliphatic rings. The number of aliphatic imine (C=N–C) groups is 1. The molecule has 0 spiro atoms. The topological polar surface area (TPSA) is 177 Å². The summed E-state index contributed by atoms with van der Waals surface area (Å²) in [7, 11) is 0. The van der Waals surface area contributed by atoms with E-state index >= 15 is 0 Å². The number of carbonyl (C=O) groups excluding carboxylic acids is 2. The smallest absolute Gasteiger partial charge is 0.313 e. The molecule has 2 heterocycles. The fourth-order valence-electron chi connectivity index (χ4n) is 3.14. The predicted molar refractivity (Wildman–Crippen MR) is 118 cm³/mol. The van der Waals surface area contributed by atoms with Crippen molar-refractivity contribution in [3.63, 3.8) is 0 Å². The number of hydrogen-bond acceptors (Lipinski definition) is 7.